The normalized spacial score (nSPS) is 12.0. The minimum atomic E-state index is -5.02. The summed E-state index contributed by atoms with van der Waals surface area (Å²) in [5.41, 5.74) is 0.0580. The van der Waals surface area contributed by atoms with Gasteiger partial charge < -0.3 is 9.88 Å². The van der Waals surface area contributed by atoms with Crippen LogP contribution in [0, 0.1) is 0 Å². The zero-order valence-corrected chi connectivity index (χ0v) is 22.8. The molecule has 0 aliphatic heterocycles. The molecule has 4 aromatic rings. The van der Waals surface area contributed by atoms with Crippen molar-refractivity contribution in [3.8, 4) is 22.5 Å². The summed E-state index contributed by atoms with van der Waals surface area (Å²) in [5, 5.41) is 3.22. The standard InChI is InChI=1S/C30H27F6N3OS/c1-2-15-39-26(21-12-7-4-8-13-21)25(20-10-5-3-6-11-20)38-28(39)41-16-9-14-37-27(40)22-17-23(29(31,32)33)19-24(18-22)30(34,35)36/h3-8,10-13,17-19H,2,9,14-16H2,1H3,(H,37,40). The number of amides is 1. The van der Waals surface area contributed by atoms with Crippen molar-refractivity contribution in [3.05, 3.63) is 95.6 Å². The van der Waals surface area contributed by atoms with E-state index in [0.717, 1.165) is 40.6 Å². The minimum absolute atomic E-state index is 0.000756. The van der Waals surface area contributed by atoms with Gasteiger partial charge in [0, 0.05) is 35.5 Å². The highest BCUT2D eigenvalue weighted by Gasteiger charge is 2.37. The van der Waals surface area contributed by atoms with Gasteiger partial charge in [-0.05, 0) is 31.0 Å². The molecule has 0 atom stereocenters. The number of hydrogen-bond donors (Lipinski definition) is 1. The van der Waals surface area contributed by atoms with Crippen LogP contribution < -0.4 is 5.32 Å². The van der Waals surface area contributed by atoms with Gasteiger partial charge in [0.25, 0.3) is 5.91 Å². The highest BCUT2D eigenvalue weighted by atomic mass is 32.2. The third-order valence-corrected chi connectivity index (χ3v) is 7.22. The fourth-order valence-corrected chi connectivity index (χ4v) is 5.25. The van der Waals surface area contributed by atoms with Gasteiger partial charge in [0.2, 0.25) is 0 Å². The number of rotatable bonds is 10. The molecule has 1 aromatic heterocycles. The largest absolute Gasteiger partial charge is 0.416 e. The van der Waals surface area contributed by atoms with E-state index in [0.29, 0.717) is 24.3 Å². The first-order valence-corrected chi connectivity index (χ1v) is 13.9. The van der Waals surface area contributed by atoms with Gasteiger partial charge in [-0.25, -0.2) is 4.98 Å². The molecule has 0 aliphatic rings. The Bertz CT molecular complexity index is 1440. The highest BCUT2D eigenvalue weighted by Crippen LogP contribution is 2.37. The van der Waals surface area contributed by atoms with Crippen LogP contribution in [-0.2, 0) is 18.9 Å². The van der Waals surface area contributed by atoms with Crippen molar-refractivity contribution < 1.29 is 31.1 Å². The number of carbonyl (C=O) groups is 1. The average Bonchev–Trinajstić information content (AvgIpc) is 3.30. The summed E-state index contributed by atoms with van der Waals surface area (Å²) in [4.78, 5) is 17.4. The summed E-state index contributed by atoms with van der Waals surface area (Å²) in [6, 6.07) is 20.6. The number of carbonyl (C=O) groups excluding carboxylic acids is 1. The zero-order valence-electron chi connectivity index (χ0n) is 22.0. The lowest BCUT2D eigenvalue weighted by atomic mass is 10.0. The molecule has 1 amide bonds. The lowest BCUT2D eigenvalue weighted by molar-refractivity contribution is -0.143. The lowest BCUT2D eigenvalue weighted by Gasteiger charge is -2.14. The molecule has 0 bridgehead atoms. The Labute approximate surface area is 237 Å². The van der Waals surface area contributed by atoms with Crippen molar-refractivity contribution in [1.29, 1.82) is 0 Å². The highest BCUT2D eigenvalue weighted by molar-refractivity contribution is 7.99. The fraction of sp³-hybridized carbons (Fsp3) is 0.267. The van der Waals surface area contributed by atoms with Crippen LogP contribution in [0.1, 0.15) is 41.3 Å². The molecular weight excluding hydrogens is 564 g/mol. The number of nitrogens with one attached hydrogen (secondary N) is 1. The lowest BCUT2D eigenvalue weighted by Crippen LogP contribution is -2.26. The Morgan fingerprint density at radius 2 is 1.41 bits per heavy atom. The molecule has 11 heteroatoms. The van der Waals surface area contributed by atoms with Gasteiger partial charge in [-0.15, -0.1) is 0 Å². The average molecular weight is 592 g/mol. The Kier molecular flexibility index (Phi) is 9.47. The zero-order chi connectivity index (χ0) is 29.6. The predicted octanol–water partition coefficient (Wildman–Crippen LogP) is 8.58. The summed E-state index contributed by atoms with van der Waals surface area (Å²) in [7, 11) is 0. The van der Waals surface area contributed by atoms with Gasteiger partial charge >= 0.3 is 12.4 Å². The number of benzene rings is 3. The van der Waals surface area contributed by atoms with E-state index >= 15 is 0 Å². The second kappa shape index (κ2) is 12.8. The van der Waals surface area contributed by atoms with Crippen LogP contribution in [0.25, 0.3) is 22.5 Å². The summed E-state index contributed by atoms with van der Waals surface area (Å²) >= 11 is 1.47. The van der Waals surface area contributed by atoms with Crippen LogP contribution in [0.2, 0.25) is 0 Å². The van der Waals surface area contributed by atoms with E-state index in [4.69, 9.17) is 4.98 Å². The number of alkyl halides is 6. The third kappa shape index (κ3) is 7.52. The Hall–Kier alpha value is -3.73. The van der Waals surface area contributed by atoms with Crippen molar-refractivity contribution in [3.63, 3.8) is 0 Å². The van der Waals surface area contributed by atoms with E-state index in [1.54, 1.807) is 0 Å². The summed E-state index contributed by atoms with van der Waals surface area (Å²) in [5.74, 6) is -0.489. The van der Waals surface area contributed by atoms with Crippen LogP contribution >= 0.6 is 11.8 Å². The number of imidazole rings is 1. The van der Waals surface area contributed by atoms with Crippen LogP contribution in [0.5, 0.6) is 0 Å². The van der Waals surface area contributed by atoms with Crippen molar-refractivity contribution in [2.24, 2.45) is 0 Å². The van der Waals surface area contributed by atoms with Gasteiger partial charge in [0.1, 0.15) is 0 Å². The van der Waals surface area contributed by atoms with E-state index in [1.807, 2.05) is 60.7 Å². The summed E-state index contributed by atoms with van der Waals surface area (Å²) in [6.07, 6.45) is -8.76. The van der Waals surface area contributed by atoms with Crippen molar-refractivity contribution in [2.45, 2.75) is 43.8 Å². The monoisotopic (exact) mass is 591 g/mol. The summed E-state index contributed by atoms with van der Waals surface area (Å²) < 4.78 is 81.0. The second-order valence-corrected chi connectivity index (χ2v) is 10.3. The molecule has 0 spiro atoms. The number of hydrogen-bond acceptors (Lipinski definition) is 3. The van der Waals surface area contributed by atoms with Gasteiger partial charge in [-0.2, -0.15) is 26.3 Å². The Morgan fingerprint density at radius 3 is 1.95 bits per heavy atom. The smallest absolute Gasteiger partial charge is 0.352 e. The first-order chi connectivity index (χ1) is 19.5. The fourth-order valence-electron chi connectivity index (χ4n) is 4.29. The first-order valence-electron chi connectivity index (χ1n) is 12.9. The van der Waals surface area contributed by atoms with Crippen LogP contribution in [0.3, 0.4) is 0 Å². The SMILES string of the molecule is CCCn1c(SCCCNC(=O)c2cc(C(F)(F)F)cc(C(F)(F)F)c2)nc(-c2ccccc2)c1-c1ccccc1. The third-order valence-electron chi connectivity index (χ3n) is 6.16. The minimum Gasteiger partial charge on any atom is -0.352 e. The molecule has 1 N–H and O–H groups in total. The van der Waals surface area contributed by atoms with Crippen molar-refractivity contribution >= 4 is 17.7 Å². The topological polar surface area (TPSA) is 46.9 Å². The van der Waals surface area contributed by atoms with Crippen LogP contribution in [0.15, 0.2) is 84.0 Å². The van der Waals surface area contributed by atoms with Crippen molar-refractivity contribution in [1.82, 2.24) is 14.9 Å². The Morgan fingerprint density at radius 1 is 0.854 bits per heavy atom. The van der Waals surface area contributed by atoms with Crippen LogP contribution in [0.4, 0.5) is 26.3 Å². The molecule has 0 fully saturated rings. The van der Waals surface area contributed by atoms with Crippen molar-refractivity contribution in [2.75, 3.05) is 12.3 Å². The number of halogens is 6. The molecule has 0 unspecified atom stereocenters. The molecule has 216 valence electrons. The number of aromatic nitrogens is 2. The molecule has 41 heavy (non-hydrogen) atoms. The van der Waals surface area contributed by atoms with E-state index in [1.165, 1.54) is 11.8 Å². The second-order valence-electron chi connectivity index (χ2n) is 9.23. The molecule has 4 rings (SSSR count). The van der Waals surface area contributed by atoms with E-state index < -0.39 is 35.0 Å². The molecule has 0 radical (unpaired) electrons. The van der Waals surface area contributed by atoms with Crippen LogP contribution in [-0.4, -0.2) is 27.8 Å². The molecule has 3 aromatic carbocycles. The quantitative estimate of drug-likeness (QED) is 0.114. The molecule has 1 heterocycles. The molecule has 0 saturated carbocycles. The number of thioether (sulfide) groups is 1. The van der Waals surface area contributed by atoms with E-state index in [-0.39, 0.29) is 12.6 Å². The first kappa shape index (κ1) is 30.2. The van der Waals surface area contributed by atoms with E-state index in [2.05, 4.69) is 16.8 Å². The molecule has 0 saturated heterocycles. The summed E-state index contributed by atoms with van der Waals surface area (Å²) in [6.45, 7) is 2.86. The van der Waals surface area contributed by atoms with Gasteiger partial charge in [0.15, 0.2) is 5.16 Å². The van der Waals surface area contributed by atoms with Gasteiger partial charge in [-0.3, -0.25) is 4.79 Å². The van der Waals surface area contributed by atoms with Gasteiger partial charge in [-0.1, -0.05) is 79.3 Å². The van der Waals surface area contributed by atoms with E-state index in [9.17, 15) is 31.1 Å². The maximum Gasteiger partial charge on any atom is 0.416 e. The molecular formula is C30H27F6N3OS. The molecule has 0 aliphatic carbocycles. The van der Waals surface area contributed by atoms with Gasteiger partial charge in [0.05, 0.1) is 22.5 Å². The predicted molar refractivity (Wildman–Crippen MR) is 148 cm³/mol. The maximum absolute atomic E-state index is 13.1. The maximum atomic E-state index is 13.1. The molecule has 4 nitrogen and oxygen atoms in total. The number of nitrogens with zero attached hydrogens (tertiary/aromatic N) is 2. The Balaban J connectivity index is 1.48.